The highest BCUT2D eigenvalue weighted by Crippen LogP contribution is 2.21. The van der Waals surface area contributed by atoms with Gasteiger partial charge in [0.15, 0.2) is 16.5 Å². The first-order valence-corrected chi connectivity index (χ1v) is 6.48. The Morgan fingerprint density at radius 2 is 1.90 bits per heavy atom. The molecule has 2 rings (SSSR count). The molecule has 0 bridgehead atoms. The highest BCUT2D eigenvalue weighted by molar-refractivity contribution is 6.32. The van der Waals surface area contributed by atoms with E-state index in [0.717, 1.165) is 0 Å². The normalized spacial score (nSPS) is 10.6. The molecule has 20 heavy (non-hydrogen) atoms. The van der Waals surface area contributed by atoms with Crippen LogP contribution in [0.25, 0.3) is 5.65 Å². The number of halogens is 1. The van der Waals surface area contributed by atoms with E-state index in [4.69, 9.17) is 21.1 Å². The lowest BCUT2D eigenvalue weighted by Crippen LogP contribution is -2.10. The molecule has 0 atom stereocenters. The van der Waals surface area contributed by atoms with Crippen LogP contribution in [0, 0.1) is 0 Å². The van der Waals surface area contributed by atoms with Gasteiger partial charge in [0.05, 0.1) is 13.2 Å². The monoisotopic (exact) mass is 296 g/mol. The van der Waals surface area contributed by atoms with E-state index >= 15 is 0 Å². The van der Waals surface area contributed by atoms with Gasteiger partial charge in [-0.3, -0.25) is 4.40 Å². The van der Waals surface area contributed by atoms with Gasteiger partial charge in [-0.25, -0.2) is 14.6 Å². The third kappa shape index (κ3) is 2.46. The van der Waals surface area contributed by atoms with Crippen LogP contribution in [0.15, 0.2) is 18.3 Å². The van der Waals surface area contributed by atoms with Gasteiger partial charge in [-0.05, 0) is 26.0 Å². The van der Waals surface area contributed by atoms with Crippen molar-refractivity contribution in [1.82, 2.24) is 9.38 Å². The average Bonchev–Trinajstić information content (AvgIpc) is 2.74. The minimum absolute atomic E-state index is 0.0137. The van der Waals surface area contributed by atoms with Gasteiger partial charge in [0.25, 0.3) is 0 Å². The number of hydrogen-bond donors (Lipinski definition) is 0. The predicted molar refractivity (Wildman–Crippen MR) is 72.1 cm³/mol. The zero-order valence-corrected chi connectivity index (χ0v) is 11.8. The Balaban J connectivity index is 2.58. The number of ether oxygens (including phenoxy) is 2. The molecule has 0 aromatic carbocycles. The number of esters is 2. The molecule has 0 aliphatic heterocycles. The zero-order valence-electron chi connectivity index (χ0n) is 11.1. The maximum absolute atomic E-state index is 11.9. The summed E-state index contributed by atoms with van der Waals surface area (Å²) in [5.41, 5.74) is 0.598. The van der Waals surface area contributed by atoms with E-state index in [9.17, 15) is 9.59 Å². The molecule has 7 heteroatoms. The number of carbonyl (C=O) groups excluding carboxylic acids is 2. The number of nitrogens with zero attached hydrogens (tertiary/aromatic N) is 2. The Labute approximate surface area is 120 Å². The molecule has 0 unspecified atom stereocenters. The molecule has 0 aliphatic rings. The third-order valence-corrected chi connectivity index (χ3v) is 2.84. The first-order chi connectivity index (χ1) is 9.60. The van der Waals surface area contributed by atoms with Crippen LogP contribution in [0.4, 0.5) is 0 Å². The summed E-state index contributed by atoms with van der Waals surface area (Å²) in [7, 11) is 0. The largest absolute Gasteiger partial charge is 0.462 e. The van der Waals surface area contributed by atoms with Gasteiger partial charge in [-0.1, -0.05) is 11.6 Å². The predicted octanol–water partition coefficient (Wildman–Crippen LogP) is 2.34. The van der Waals surface area contributed by atoms with Crippen molar-refractivity contribution in [3.8, 4) is 0 Å². The van der Waals surface area contributed by atoms with Gasteiger partial charge >= 0.3 is 11.9 Å². The van der Waals surface area contributed by atoms with Crippen LogP contribution >= 0.6 is 11.6 Å². The van der Waals surface area contributed by atoms with Crippen LogP contribution in [0.1, 0.15) is 34.7 Å². The standard InChI is InChI=1S/C13H13ClN2O4/c1-3-19-12(17)8-6-5-7-16-9(13(18)20-4-2)10(14)15-11(8)16/h5-7H,3-4H2,1-2H3. The summed E-state index contributed by atoms with van der Waals surface area (Å²) < 4.78 is 11.3. The second-order valence-corrected chi connectivity index (χ2v) is 4.17. The Morgan fingerprint density at radius 3 is 2.55 bits per heavy atom. The maximum atomic E-state index is 11.9. The third-order valence-electron chi connectivity index (χ3n) is 2.57. The zero-order chi connectivity index (χ0) is 14.7. The Bertz CT molecular complexity index is 666. The van der Waals surface area contributed by atoms with E-state index in [1.165, 1.54) is 4.40 Å². The highest BCUT2D eigenvalue weighted by atomic mass is 35.5. The molecule has 106 valence electrons. The minimum atomic E-state index is -0.592. The van der Waals surface area contributed by atoms with E-state index in [0.29, 0.717) is 0 Å². The molecule has 0 aliphatic carbocycles. The molecule has 0 saturated carbocycles. The van der Waals surface area contributed by atoms with Gasteiger partial charge in [0.1, 0.15) is 5.56 Å². The van der Waals surface area contributed by atoms with E-state index in [-0.39, 0.29) is 35.3 Å². The minimum Gasteiger partial charge on any atom is -0.462 e. The van der Waals surface area contributed by atoms with Gasteiger partial charge in [-0.2, -0.15) is 0 Å². The fourth-order valence-electron chi connectivity index (χ4n) is 1.79. The van der Waals surface area contributed by atoms with Crippen molar-refractivity contribution in [3.05, 3.63) is 34.7 Å². The smallest absolute Gasteiger partial charge is 0.358 e. The summed E-state index contributed by atoms with van der Waals surface area (Å²) in [6.07, 6.45) is 1.59. The number of imidazole rings is 1. The van der Waals surface area contributed by atoms with Crippen molar-refractivity contribution in [1.29, 1.82) is 0 Å². The summed E-state index contributed by atoms with van der Waals surface area (Å²) in [5.74, 6) is -1.11. The number of rotatable bonds is 4. The fourth-order valence-corrected chi connectivity index (χ4v) is 2.04. The second kappa shape index (κ2) is 5.92. The molecular formula is C13H13ClN2O4. The van der Waals surface area contributed by atoms with E-state index in [2.05, 4.69) is 4.98 Å². The molecule has 0 spiro atoms. The SMILES string of the molecule is CCOC(=O)c1cccn2c(C(=O)OCC)c(Cl)nc12. The maximum Gasteiger partial charge on any atom is 0.358 e. The summed E-state index contributed by atoms with van der Waals surface area (Å²) >= 11 is 5.97. The van der Waals surface area contributed by atoms with Crippen LogP contribution in [0.5, 0.6) is 0 Å². The van der Waals surface area contributed by atoms with Gasteiger partial charge in [-0.15, -0.1) is 0 Å². The number of hydrogen-bond acceptors (Lipinski definition) is 5. The van der Waals surface area contributed by atoms with Crippen LogP contribution in [-0.4, -0.2) is 34.5 Å². The lowest BCUT2D eigenvalue weighted by atomic mass is 10.2. The average molecular weight is 297 g/mol. The van der Waals surface area contributed by atoms with Gasteiger partial charge < -0.3 is 9.47 Å². The second-order valence-electron chi connectivity index (χ2n) is 3.81. The first kappa shape index (κ1) is 14.3. The topological polar surface area (TPSA) is 69.9 Å². The summed E-state index contributed by atoms with van der Waals surface area (Å²) in [5, 5.41) is -0.0137. The molecule has 0 radical (unpaired) electrons. The molecule has 0 saturated heterocycles. The van der Waals surface area contributed by atoms with Crippen LogP contribution in [0.3, 0.4) is 0 Å². The molecule has 2 aromatic rings. The number of pyridine rings is 1. The van der Waals surface area contributed by atoms with Crippen molar-refractivity contribution < 1.29 is 19.1 Å². The molecule has 0 fully saturated rings. The van der Waals surface area contributed by atoms with Crippen molar-refractivity contribution in [2.24, 2.45) is 0 Å². The quantitative estimate of drug-likeness (QED) is 0.810. The molecule has 6 nitrogen and oxygen atoms in total. The molecular weight excluding hydrogens is 284 g/mol. The number of fused-ring (bicyclic) bond motifs is 1. The Hall–Kier alpha value is -2.08. The van der Waals surface area contributed by atoms with Crippen molar-refractivity contribution in [2.75, 3.05) is 13.2 Å². The van der Waals surface area contributed by atoms with Gasteiger partial charge in [0.2, 0.25) is 0 Å². The highest BCUT2D eigenvalue weighted by Gasteiger charge is 2.22. The molecule has 0 amide bonds. The molecule has 0 N–H and O–H groups in total. The number of aromatic nitrogens is 2. The molecule has 2 aromatic heterocycles. The Kier molecular flexibility index (Phi) is 4.24. The van der Waals surface area contributed by atoms with Crippen LogP contribution < -0.4 is 0 Å². The van der Waals surface area contributed by atoms with E-state index in [1.54, 1.807) is 32.2 Å². The van der Waals surface area contributed by atoms with Crippen molar-refractivity contribution in [2.45, 2.75) is 13.8 Å². The lowest BCUT2D eigenvalue weighted by molar-refractivity contribution is 0.0509. The van der Waals surface area contributed by atoms with Gasteiger partial charge in [0, 0.05) is 6.20 Å². The van der Waals surface area contributed by atoms with Crippen LogP contribution in [-0.2, 0) is 9.47 Å². The van der Waals surface area contributed by atoms with Crippen molar-refractivity contribution in [3.63, 3.8) is 0 Å². The van der Waals surface area contributed by atoms with E-state index < -0.39 is 11.9 Å². The fraction of sp³-hybridized carbons (Fsp3) is 0.308. The summed E-state index contributed by atoms with van der Waals surface area (Å²) in [6, 6.07) is 3.17. The number of carbonyl (C=O) groups is 2. The first-order valence-electron chi connectivity index (χ1n) is 6.11. The van der Waals surface area contributed by atoms with E-state index in [1.807, 2.05) is 0 Å². The Morgan fingerprint density at radius 1 is 1.25 bits per heavy atom. The van der Waals surface area contributed by atoms with Crippen molar-refractivity contribution >= 4 is 29.2 Å². The van der Waals surface area contributed by atoms with Crippen LogP contribution in [0.2, 0.25) is 5.15 Å². The summed E-state index contributed by atoms with van der Waals surface area (Å²) in [6.45, 7) is 3.87. The lowest BCUT2D eigenvalue weighted by Gasteiger charge is -2.05. The molecule has 2 heterocycles. The summed E-state index contributed by atoms with van der Waals surface area (Å²) in [4.78, 5) is 27.8.